The van der Waals surface area contributed by atoms with E-state index in [0.29, 0.717) is 18.4 Å². The lowest BCUT2D eigenvalue weighted by Crippen LogP contribution is -2.41. The largest absolute Gasteiger partial charge is 0.393 e. The van der Waals surface area contributed by atoms with Crippen LogP contribution in [0.5, 0.6) is 0 Å². The zero-order valence-electron chi connectivity index (χ0n) is 14.6. The Morgan fingerprint density at radius 1 is 1.23 bits per heavy atom. The van der Waals surface area contributed by atoms with Crippen LogP contribution in [0.1, 0.15) is 40.4 Å². The van der Waals surface area contributed by atoms with Gasteiger partial charge in [-0.25, -0.2) is 0 Å². The molecule has 5 heteroatoms. The third kappa shape index (κ3) is 3.18. The molecule has 0 saturated heterocycles. The van der Waals surface area contributed by atoms with Gasteiger partial charge < -0.3 is 10.4 Å². The average molecular weight is 347 g/mol. The molecule has 3 aromatic rings. The van der Waals surface area contributed by atoms with Crippen LogP contribution in [-0.4, -0.2) is 27.1 Å². The molecule has 0 aliphatic heterocycles. The van der Waals surface area contributed by atoms with E-state index in [2.05, 4.69) is 21.4 Å². The molecule has 1 saturated carbocycles. The number of nitrogens with one attached hydrogen (secondary N) is 1. The van der Waals surface area contributed by atoms with E-state index in [0.717, 1.165) is 22.0 Å². The molecular weight excluding hydrogens is 326 g/mol. The number of aryl methyl sites for hydroxylation is 1. The van der Waals surface area contributed by atoms with Gasteiger partial charge in [0.15, 0.2) is 0 Å². The highest BCUT2D eigenvalue weighted by Gasteiger charge is 2.36. The lowest BCUT2D eigenvalue weighted by Gasteiger charge is -2.38. The number of hydrogen-bond acceptors (Lipinski definition) is 4. The molecule has 1 atom stereocenters. The predicted octanol–water partition coefficient (Wildman–Crippen LogP) is 3.18. The summed E-state index contributed by atoms with van der Waals surface area (Å²) in [6.07, 6.45) is 6.24. The SMILES string of the molecule is Cc1cnccc1C(=O)N[C@H](c1cnc2ccccc2c1)C1CC(O)C1. The molecule has 1 amide bonds. The summed E-state index contributed by atoms with van der Waals surface area (Å²) in [6, 6.07) is 11.6. The molecule has 0 unspecified atom stereocenters. The number of para-hydroxylation sites is 1. The lowest BCUT2D eigenvalue weighted by atomic mass is 9.75. The van der Waals surface area contributed by atoms with Crippen molar-refractivity contribution in [3.05, 3.63) is 71.7 Å². The van der Waals surface area contributed by atoms with E-state index in [9.17, 15) is 9.90 Å². The second-order valence-electron chi connectivity index (χ2n) is 6.99. The number of pyridine rings is 2. The van der Waals surface area contributed by atoms with E-state index >= 15 is 0 Å². The highest BCUT2D eigenvalue weighted by Crippen LogP contribution is 2.38. The third-order valence-corrected chi connectivity index (χ3v) is 5.14. The van der Waals surface area contributed by atoms with Crippen LogP contribution in [0.25, 0.3) is 10.9 Å². The molecule has 2 N–H and O–H groups in total. The molecule has 0 bridgehead atoms. The first-order chi connectivity index (χ1) is 12.6. The fourth-order valence-corrected chi connectivity index (χ4v) is 3.58. The molecule has 0 spiro atoms. The topological polar surface area (TPSA) is 75.1 Å². The number of nitrogens with zero attached hydrogens (tertiary/aromatic N) is 2. The molecular formula is C21H21N3O2. The second-order valence-corrected chi connectivity index (χ2v) is 6.99. The van der Waals surface area contributed by atoms with Crippen molar-refractivity contribution in [2.45, 2.75) is 31.9 Å². The summed E-state index contributed by atoms with van der Waals surface area (Å²) < 4.78 is 0. The first kappa shape index (κ1) is 16.7. The Bertz CT molecular complexity index is 951. The Kier molecular flexibility index (Phi) is 4.39. The number of carbonyl (C=O) groups excluding carboxylic acids is 1. The molecule has 1 aliphatic carbocycles. The van der Waals surface area contributed by atoms with Crippen molar-refractivity contribution >= 4 is 16.8 Å². The maximum absolute atomic E-state index is 12.8. The van der Waals surface area contributed by atoms with E-state index in [4.69, 9.17) is 0 Å². The maximum Gasteiger partial charge on any atom is 0.252 e. The van der Waals surface area contributed by atoms with Gasteiger partial charge in [-0.05, 0) is 55.0 Å². The zero-order chi connectivity index (χ0) is 18.1. The number of rotatable bonds is 4. The summed E-state index contributed by atoms with van der Waals surface area (Å²) in [5.74, 6) is 0.0866. The summed E-state index contributed by atoms with van der Waals surface area (Å²) >= 11 is 0. The average Bonchev–Trinajstić information content (AvgIpc) is 2.63. The number of fused-ring (bicyclic) bond motifs is 1. The van der Waals surface area contributed by atoms with E-state index in [-0.39, 0.29) is 24.0 Å². The van der Waals surface area contributed by atoms with Gasteiger partial charge in [0.25, 0.3) is 5.91 Å². The molecule has 1 aromatic carbocycles. The number of hydrogen-bond donors (Lipinski definition) is 2. The van der Waals surface area contributed by atoms with Crippen LogP contribution in [0, 0.1) is 12.8 Å². The lowest BCUT2D eigenvalue weighted by molar-refractivity contribution is 0.0235. The Morgan fingerprint density at radius 3 is 2.81 bits per heavy atom. The van der Waals surface area contributed by atoms with Crippen molar-refractivity contribution in [3.63, 3.8) is 0 Å². The minimum Gasteiger partial charge on any atom is -0.393 e. The van der Waals surface area contributed by atoms with Crippen LogP contribution in [0.2, 0.25) is 0 Å². The van der Waals surface area contributed by atoms with Crippen LogP contribution >= 0.6 is 0 Å². The molecule has 4 rings (SSSR count). The number of aliphatic hydroxyl groups is 1. The van der Waals surface area contributed by atoms with Crippen LogP contribution < -0.4 is 5.32 Å². The first-order valence-corrected chi connectivity index (χ1v) is 8.86. The van der Waals surface area contributed by atoms with E-state index in [1.165, 1.54) is 0 Å². The van der Waals surface area contributed by atoms with E-state index in [1.54, 1.807) is 18.5 Å². The summed E-state index contributed by atoms with van der Waals surface area (Å²) in [6.45, 7) is 1.88. The van der Waals surface area contributed by atoms with Gasteiger partial charge in [0.2, 0.25) is 0 Å². The normalized spacial score (nSPS) is 20.4. The predicted molar refractivity (Wildman–Crippen MR) is 99.7 cm³/mol. The fraction of sp³-hybridized carbons (Fsp3) is 0.286. The molecule has 2 heterocycles. The second kappa shape index (κ2) is 6.84. The number of aromatic nitrogens is 2. The Hall–Kier alpha value is -2.79. The van der Waals surface area contributed by atoms with Crippen LogP contribution in [0.3, 0.4) is 0 Å². The summed E-state index contributed by atoms with van der Waals surface area (Å²) in [7, 11) is 0. The smallest absolute Gasteiger partial charge is 0.252 e. The van der Waals surface area contributed by atoms with Crippen molar-refractivity contribution in [3.8, 4) is 0 Å². The summed E-state index contributed by atoms with van der Waals surface area (Å²) in [5, 5.41) is 13.9. The highest BCUT2D eigenvalue weighted by molar-refractivity contribution is 5.95. The molecule has 26 heavy (non-hydrogen) atoms. The maximum atomic E-state index is 12.8. The summed E-state index contributed by atoms with van der Waals surface area (Å²) in [4.78, 5) is 21.4. The standard InChI is InChI=1S/C21H21N3O2/c1-13-11-22-7-6-18(13)21(26)24-20(15-9-17(25)10-15)16-8-14-4-2-3-5-19(14)23-12-16/h2-8,11-12,15,17,20,25H,9-10H2,1H3,(H,24,26)/t15?,17?,20-/m0/s1. The number of carbonyl (C=O) groups is 1. The zero-order valence-corrected chi connectivity index (χ0v) is 14.6. The molecule has 0 radical (unpaired) electrons. The molecule has 2 aromatic heterocycles. The van der Waals surface area contributed by atoms with Gasteiger partial charge in [-0.15, -0.1) is 0 Å². The minimum absolute atomic E-state index is 0.121. The van der Waals surface area contributed by atoms with Crippen molar-refractivity contribution in [1.82, 2.24) is 15.3 Å². The Labute approximate surface area is 152 Å². The van der Waals surface area contributed by atoms with Gasteiger partial charge in [-0.1, -0.05) is 18.2 Å². The number of benzene rings is 1. The quantitative estimate of drug-likeness (QED) is 0.760. The van der Waals surface area contributed by atoms with Gasteiger partial charge in [0.1, 0.15) is 0 Å². The highest BCUT2D eigenvalue weighted by atomic mass is 16.3. The number of aliphatic hydroxyl groups excluding tert-OH is 1. The van der Waals surface area contributed by atoms with Crippen molar-refractivity contribution < 1.29 is 9.90 Å². The monoisotopic (exact) mass is 347 g/mol. The molecule has 132 valence electrons. The Balaban J connectivity index is 1.65. The van der Waals surface area contributed by atoms with Crippen LogP contribution in [0.15, 0.2) is 55.0 Å². The van der Waals surface area contributed by atoms with Crippen molar-refractivity contribution in [2.75, 3.05) is 0 Å². The fourth-order valence-electron chi connectivity index (χ4n) is 3.58. The molecule has 1 fully saturated rings. The van der Waals surface area contributed by atoms with Gasteiger partial charge >= 0.3 is 0 Å². The van der Waals surface area contributed by atoms with Gasteiger partial charge in [0.05, 0.1) is 17.7 Å². The molecule has 5 nitrogen and oxygen atoms in total. The van der Waals surface area contributed by atoms with Crippen molar-refractivity contribution in [2.24, 2.45) is 5.92 Å². The van der Waals surface area contributed by atoms with Gasteiger partial charge in [-0.2, -0.15) is 0 Å². The third-order valence-electron chi connectivity index (χ3n) is 5.14. The van der Waals surface area contributed by atoms with Crippen LogP contribution in [-0.2, 0) is 0 Å². The van der Waals surface area contributed by atoms with E-state index < -0.39 is 0 Å². The van der Waals surface area contributed by atoms with Crippen molar-refractivity contribution in [1.29, 1.82) is 0 Å². The number of amides is 1. The summed E-state index contributed by atoms with van der Waals surface area (Å²) in [5.41, 5.74) is 3.37. The van der Waals surface area contributed by atoms with Gasteiger partial charge in [-0.3, -0.25) is 14.8 Å². The minimum atomic E-state index is -0.282. The first-order valence-electron chi connectivity index (χ1n) is 8.86. The Morgan fingerprint density at radius 2 is 2.04 bits per heavy atom. The molecule has 1 aliphatic rings. The van der Waals surface area contributed by atoms with Gasteiger partial charge in [0, 0.05) is 29.5 Å². The van der Waals surface area contributed by atoms with E-state index in [1.807, 2.05) is 37.4 Å². The van der Waals surface area contributed by atoms with Crippen LogP contribution in [0.4, 0.5) is 0 Å².